The maximum absolute atomic E-state index is 13.1. The average molecular weight is 439 g/mol. The maximum Gasteiger partial charge on any atom is 0.255 e. The molecule has 4 rings (SSSR count). The van der Waals surface area contributed by atoms with Crippen molar-refractivity contribution in [2.24, 2.45) is 0 Å². The number of aromatic nitrogens is 2. The van der Waals surface area contributed by atoms with Crippen LogP contribution < -0.4 is 4.90 Å². The van der Waals surface area contributed by atoms with Crippen molar-refractivity contribution in [3.05, 3.63) is 71.4 Å². The van der Waals surface area contributed by atoms with Crippen molar-refractivity contribution in [3.63, 3.8) is 0 Å². The summed E-state index contributed by atoms with van der Waals surface area (Å²) in [4.78, 5) is 22.3. The zero-order valence-electron chi connectivity index (χ0n) is 17.8. The van der Waals surface area contributed by atoms with Crippen molar-refractivity contribution in [3.8, 4) is 0 Å². The first-order chi connectivity index (χ1) is 15.1. The van der Waals surface area contributed by atoms with E-state index >= 15 is 0 Å². The molecule has 8 heteroatoms. The number of rotatable bonds is 7. The fourth-order valence-corrected chi connectivity index (χ4v) is 4.38. The molecule has 0 aliphatic carbocycles. The molecule has 162 valence electrons. The molecule has 0 unspecified atom stereocenters. The number of hydrogen-bond acceptors (Lipinski definition) is 7. The van der Waals surface area contributed by atoms with Gasteiger partial charge >= 0.3 is 0 Å². The van der Waals surface area contributed by atoms with Gasteiger partial charge in [-0.2, -0.15) is 4.98 Å². The number of anilines is 1. The van der Waals surface area contributed by atoms with E-state index in [2.05, 4.69) is 39.3 Å². The highest BCUT2D eigenvalue weighted by Crippen LogP contribution is 2.27. The van der Waals surface area contributed by atoms with Gasteiger partial charge in [0.2, 0.25) is 5.89 Å². The Bertz CT molecular complexity index is 1020. The van der Waals surface area contributed by atoms with Crippen molar-refractivity contribution in [2.45, 2.75) is 24.1 Å². The Kier molecular flexibility index (Phi) is 6.89. The SMILES string of the molecule is Cc1nc(CSc2ccccc2C(=O)N(C)Cc2ccc(N3CCOCC3)cc2)no1. The van der Waals surface area contributed by atoms with E-state index in [0.29, 0.717) is 29.6 Å². The zero-order valence-corrected chi connectivity index (χ0v) is 18.6. The summed E-state index contributed by atoms with van der Waals surface area (Å²) in [5, 5.41) is 3.92. The van der Waals surface area contributed by atoms with Crippen molar-refractivity contribution in [2.75, 3.05) is 38.3 Å². The van der Waals surface area contributed by atoms with E-state index in [1.807, 2.05) is 31.3 Å². The number of benzene rings is 2. The molecule has 31 heavy (non-hydrogen) atoms. The topological polar surface area (TPSA) is 71.7 Å². The quantitative estimate of drug-likeness (QED) is 0.520. The number of hydrogen-bond donors (Lipinski definition) is 0. The van der Waals surface area contributed by atoms with Gasteiger partial charge in [0.05, 0.1) is 24.5 Å². The highest BCUT2D eigenvalue weighted by atomic mass is 32.2. The average Bonchev–Trinajstić information content (AvgIpc) is 3.23. The van der Waals surface area contributed by atoms with E-state index in [9.17, 15) is 4.79 Å². The predicted molar refractivity (Wildman–Crippen MR) is 120 cm³/mol. The third kappa shape index (κ3) is 5.45. The van der Waals surface area contributed by atoms with Crippen LogP contribution in [0.2, 0.25) is 0 Å². The molecule has 0 bridgehead atoms. The summed E-state index contributed by atoms with van der Waals surface area (Å²) in [6, 6.07) is 16.1. The summed E-state index contributed by atoms with van der Waals surface area (Å²) in [5.41, 5.74) is 2.97. The van der Waals surface area contributed by atoms with E-state index in [-0.39, 0.29) is 5.91 Å². The van der Waals surface area contributed by atoms with Crippen LogP contribution in [-0.4, -0.2) is 54.3 Å². The molecule has 0 spiro atoms. The molecule has 1 saturated heterocycles. The van der Waals surface area contributed by atoms with Gasteiger partial charge in [-0.05, 0) is 29.8 Å². The molecule has 1 aromatic heterocycles. The van der Waals surface area contributed by atoms with Gasteiger partial charge < -0.3 is 19.1 Å². The molecular formula is C23H26N4O3S. The Morgan fingerprint density at radius 1 is 1.13 bits per heavy atom. The van der Waals surface area contributed by atoms with Gasteiger partial charge in [-0.3, -0.25) is 4.79 Å². The Morgan fingerprint density at radius 2 is 1.87 bits per heavy atom. The fourth-order valence-electron chi connectivity index (χ4n) is 3.50. The lowest BCUT2D eigenvalue weighted by atomic mass is 10.1. The molecule has 1 fully saturated rings. The number of thioether (sulfide) groups is 1. The van der Waals surface area contributed by atoms with E-state index < -0.39 is 0 Å². The standard InChI is InChI=1S/C23H26N4O3S/c1-17-24-22(25-30-17)16-31-21-6-4-3-5-20(21)23(28)26(2)15-18-7-9-19(10-8-18)27-11-13-29-14-12-27/h3-10H,11-16H2,1-2H3. The number of carbonyl (C=O) groups is 1. The molecule has 1 aliphatic heterocycles. The number of aryl methyl sites for hydroxylation is 1. The van der Waals surface area contributed by atoms with Crippen molar-refractivity contribution < 1.29 is 14.1 Å². The zero-order chi connectivity index (χ0) is 21.6. The first kappa shape index (κ1) is 21.4. The second-order valence-corrected chi connectivity index (χ2v) is 8.46. The molecule has 0 N–H and O–H groups in total. The number of amides is 1. The van der Waals surface area contributed by atoms with Gasteiger partial charge in [-0.15, -0.1) is 11.8 Å². The smallest absolute Gasteiger partial charge is 0.255 e. The third-order valence-corrected chi connectivity index (χ3v) is 6.19. The lowest BCUT2D eigenvalue weighted by Gasteiger charge is -2.29. The van der Waals surface area contributed by atoms with Crippen LogP contribution in [0, 0.1) is 6.92 Å². The predicted octanol–water partition coefficient (Wildman–Crippen LogP) is 3.78. The molecule has 0 radical (unpaired) electrons. The lowest BCUT2D eigenvalue weighted by Crippen LogP contribution is -2.36. The molecule has 0 saturated carbocycles. The van der Waals surface area contributed by atoms with E-state index in [1.165, 1.54) is 17.4 Å². The molecule has 1 aliphatic rings. The van der Waals surface area contributed by atoms with Crippen LogP contribution in [0.1, 0.15) is 27.6 Å². The van der Waals surface area contributed by atoms with Gasteiger partial charge in [0, 0.05) is 44.2 Å². The van der Waals surface area contributed by atoms with Gasteiger partial charge in [-0.1, -0.05) is 29.4 Å². The highest BCUT2D eigenvalue weighted by Gasteiger charge is 2.17. The van der Waals surface area contributed by atoms with E-state index in [1.54, 1.807) is 11.8 Å². The molecule has 7 nitrogen and oxygen atoms in total. The minimum atomic E-state index is -0.00958. The summed E-state index contributed by atoms with van der Waals surface area (Å²) in [7, 11) is 1.84. The summed E-state index contributed by atoms with van der Waals surface area (Å²) in [6.07, 6.45) is 0. The van der Waals surface area contributed by atoms with Gasteiger partial charge in [0.1, 0.15) is 0 Å². The van der Waals surface area contributed by atoms with E-state index in [4.69, 9.17) is 9.26 Å². The Morgan fingerprint density at radius 3 is 2.58 bits per heavy atom. The van der Waals surface area contributed by atoms with Crippen LogP contribution in [0.4, 0.5) is 5.69 Å². The minimum Gasteiger partial charge on any atom is -0.378 e. The van der Waals surface area contributed by atoms with E-state index in [0.717, 1.165) is 36.8 Å². The third-order valence-electron chi connectivity index (χ3n) is 5.12. The lowest BCUT2D eigenvalue weighted by molar-refractivity contribution is 0.0781. The number of ether oxygens (including phenoxy) is 1. The van der Waals surface area contributed by atoms with Crippen LogP contribution in [0.3, 0.4) is 0 Å². The van der Waals surface area contributed by atoms with Crippen molar-refractivity contribution in [1.82, 2.24) is 15.0 Å². The van der Waals surface area contributed by atoms with Gasteiger partial charge in [-0.25, -0.2) is 0 Å². The molecule has 2 aromatic carbocycles. The number of carbonyl (C=O) groups excluding carboxylic acids is 1. The first-order valence-electron chi connectivity index (χ1n) is 10.3. The largest absolute Gasteiger partial charge is 0.378 e. The van der Waals surface area contributed by atoms with Crippen LogP contribution in [-0.2, 0) is 17.0 Å². The van der Waals surface area contributed by atoms with Gasteiger partial charge in [0.15, 0.2) is 5.82 Å². The fraction of sp³-hybridized carbons (Fsp3) is 0.348. The van der Waals surface area contributed by atoms with Gasteiger partial charge in [0.25, 0.3) is 5.91 Å². The Hall–Kier alpha value is -2.84. The van der Waals surface area contributed by atoms with Crippen molar-refractivity contribution >= 4 is 23.4 Å². The monoisotopic (exact) mass is 438 g/mol. The van der Waals surface area contributed by atoms with Crippen LogP contribution in [0.25, 0.3) is 0 Å². The van der Waals surface area contributed by atoms with Crippen LogP contribution >= 0.6 is 11.8 Å². The molecule has 3 aromatic rings. The second-order valence-electron chi connectivity index (χ2n) is 7.44. The maximum atomic E-state index is 13.1. The molecule has 0 atom stereocenters. The number of morpholine rings is 1. The summed E-state index contributed by atoms with van der Waals surface area (Å²) in [5.74, 6) is 1.70. The minimum absolute atomic E-state index is 0.00958. The highest BCUT2D eigenvalue weighted by molar-refractivity contribution is 7.98. The summed E-state index contributed by atoms with van der Waals surface area (Å²) >= 11 is 1.54. The molecular weight excluding hydrogens is 412 g/mol. The van der Waals surface area contributed by atoms with Crippen LogP contribution in [0.15, 0.2) is 57.9 Å². The number of nitrogens with zero attached hydrogens (tertiary/aromatic N) is 4. The molecule has 1 amide bonds. The Balaban J connectivity index is 1.39. The summed E-state index contributed by atoms with van der Waals surface area (Å²) < 4.78 is 10.4. The van der Waals surface area contributed by atoms with Crippen LogP contribution in [0.5, 0.6) is 0 Å². The normalized spacial score (nSPS) is 13.9. The first-order valence-corrected chi connectivity index (χ1v) is 11.3. The Labute approximate surface area is 186 Å². The summed E-state index contributed by atoms with van der Waals surface area (Å²) in [6.45, 7) is 5.67. The molecule has 2 heterocycles. The van der Waals surface area contributed by atoms with Crippen molar-refractivity contribution in [1.29, 1.82) is 0 Å². The second kappa shape index (κ2) is 9.98.